The summed E-state index contributed by atoms with van der Waals surface area (Å²) in [5, 5.41) is 0.224. The Kier molecular flexibility index (Phi) is 4.95. The number of halogens is 1. The van der Waals surface area contributed by atoms with E-state index < -0.39 is 10.0 Å². The maximum Gasteiger partial charge on any atom is 0.254 e. The number of amides is 1. The molecule has 1 N–H and O–H groups in total. The Balaban J connectivity index is 3.27. The Bertz CT molecular complexity index is 583. The standard InChI is InChI=1S/C12H17ClN2O3S/c1-8(2)14-19(17,18)9-5-6-11(13)10(7-9)12(16)15(3)4/h5-8,14H,1-4H3. The molecule has 0 aromatic heterocycles. The number of nitrogens with one attached hydrogen (secondary N) is 1. The normalized spacial score (nSPS) is 11.7. The minimum absolute atomic E-state index is 0.0239. The predicted molar refractivity (Wildman–Crippen MR) is 74.9 cm³/mol. The Hall–Kier alpha value is -1.11. The smallest absolute Gasteiger partial charge is 0.254 e. The first kappa shape index (κ1) is 15.9. The lowest BCUT2D eigenvalue weighted by atomic mass is 10.2. The lowest BCUT2D eigenvalue weighted by Gasteiger charge is -2.14. The monoisotopic (exact) mass is 304 g/mol. The highest BCUT2D eigenvalue weighted by Crippen LogP contribution is 2.21. The predicted octanol–water partition coefficient (Wildman–Crippen LogP) is 1.73. The van der Waals surface area contributed by atoms with Gasteiger partial charge in [0.2, 0.25) is 10.0 Å². The molecule has 0 spiro atoms. The van der Waals surface area contributed by atoms with Crippen LogP contribution in [0.15, 0.2) is 23.1 Å². The molecule has 1 amide bonds. The Morgan fingerprint density at radius 2 is 1.89 bits per heavy atom. The number of rotatable bonds is 4. The van der Waals surface area contributed by atoms with E-state index in [2.05, 4.69) is 4.72 Å². The Morgan fingerprint density at radius 1 is 1.32 bits per heavy atom. The van der Waals surface area contributed by atoms with Gasteiger partial charge in [0.15, 0.2) is 0 Å². The van der Waals surface area contributed by atoms with Crippen LogP contribution in [-0.2, 0) is 10.0 Å². The number of nitrogens with zero attached hydrogens (tertiary/aromatic N) is 1. The van der Waals surface area contributed by atoms with Crippen LogP contribution in [0.25, 0.3) is 0 Å². The first-order chi connectivity index (χ1) is 8.65. The molecular weight excluding hydrogens is 288 g/mol. The van der Waals surface area contributed by atoms with E-state index >= 15 is 0 Å². The van der Waals surface area contributed by atoms with Crippen molar-refractivity contribution in [3.63, 3.8) is 0 Å². The zero-order chi connectivity index (χ0) is 14.8. The van der Waals surface area contributed by atoms with Gasteiger partial charge in [-0.3, -0.25) is 4.79 Å². The second-order valence-corrected chi connectivity index (χ2v) is 6.74. The van der Waals surface area contributed by atoms with Crippen LogP contribution >= 0.6 is 11.6 Å². The summed E-state index contributed by atoms with van der Waals surface area (Å²) in [7, 11) is -0.486. The van der Waals surface area contributed by atoms with Crippen molar-refractivity contribution in [3.8, 4) is 0 Å². The number of hydrogen-bond acceptors (Lipinski definition) is 3. The summed E-state index contributed by atoms with van der Waals surface area (Å²) in [6.45, 7) is 3.44. The molecule has 5 nitrogen and oxygen atoms in total. The second kappa shape index (κ2) is 5.90. The first-order valence-corrected chi connectivity index (χ1v) is 7.55. The molecule has 106 valence electrons. The summed E-state index contributed by atoms with van der Waals surface area (Å²) in [4.78, 5) is 13.3. The highest BCUT2D eigenvalue weighted by molar-refractivity contribution is 7.89. The SMILES string of the molecule is CC(C)NS(=O)(=O)c1ccc(Cl)c(C(=O)N(C)C)c1. The van der Waals surface area contributed by atoms with Crippen LogP contribution < -0.4 is 4.72 Å². The fourth-order valence-corrected chi connectivity index (χ4v) is 2.93. The number of sulfonamides is 1. The van der Waals surface area contributed by atoms with Crippen LogP contribution in [0.1, 0.15) is 24.2 Å². The van der Waals surface area contributed by atoms with Crippen LogP contribution in [-0.4, -0.2) is 39.4 Å². The van der Waals surface area contributed by atoms with Gasteiger partial charge in [0.05, 0.1) is 15.5 Å². The third-order valence-electron chi connectivity index (χ3n) is 2.28. The first-order valence-electron chi connectivity index (χ1n) is 5.68. The van der Waals surface area contributed by atoms with Crippen LogP contribution in [0, 0.1) is 0 Å². The fourth-order valence-electron chi connectivity index (χ4n) is 1.45. The molecule has 0 unspecified atom stereocenters. The van der Waals surface area contributed by atoms with Crippen LogP contribution in [0.3, 0.4) is 0 Å². The highest BCUT2D eigenvalue weighted by atomic mass is 35.5. The van der Waals surface area contributed by atoms with Gasteiger partial charge in [0, 0.05) is 20.1 Å². The zero-order valence-corrected chi connectivity index (χ0v) is 12.8. The second-order valence-electron chi connectivity index (χ2n) is 4.62. The molecule has 0 saturated heterocycles. The van der Waals surface area contributed by atoms with E-state index in [0.717, 1.165) is 0 Å². The highest BCUT2D eigenvalue weighted by Gasteiger charge is 2.20. The van der Waals surface area contributed by atoms with Crippen molar-refractivity contribution < 1.29 is 13.2 Å². The van der Waals surface area contributed by atoms with Gasteiger partial charge < -0.3 is 4.90 Å². The molecule has 0 atom stereocenters. The van der Waals surface area contributed by atoms with Gasteiger partial charge in [-0.25, -0.2) is 13.1 Å². The Morgan fingerprint density at radius 3 is 2.37 bits per heavy atom. The molecule has 0 aliphatic rings. The Labute approximate surface area is 118 Å². The van der Waals surface area contributed by atoms with E-state index in [0.29, 0.717) is 0 Å². The largest absolute Gasteiger partial charge is 0.345 e. The molecule has 0 heterocycles. The zero-order valence-electron chi connectivity index (χ0n) is 11.3. The third kappa shape index (κ3) is 3.92. The summed E-state index contributed by atoms with van der Waals surface area (Å²) >= 11 is 5.93. The maximum absolute atomic E-state index is 12.0. The molecule has 0 aliphatic carbocycles. The molecule has 1 aromatic carbocycles. The topological polar surface area (TPSA) is 66.5 Å². The van der Waals surface area contributed by atoms with E-state index in [-0.39, 0.29) is 27.4 Å². The van der Waals surface area contributed by atoms with Gasteiger partial charge in [0.1, 0.15) is 0 Å². The van der Waals surface area contributed by atoms with Gasteiger partial charge in [-0.2, -0.15) is 0 Å². The number of carbonyl (C=O) groups is 1. The number of hydrogen-bond donors (Lipinski definition) is 1. The van der Waals surface area contributed by atoms with E-state index in [1.807, 2.05) is 0 Å². The average Bonchev–Trinajstić information content (AvgIpc) is 2.26. The van der Waals surface area contributed by atoms with E-state index in [4.69, 9.17) is 11.6 Å². The van der Waals surface area contributed by atoms with Crippen molar-refractivity contribution in [1.82, 2.24) is 9.62 Å². The summed E-state index contributed by atoms with van der Waals surface area (Å²) in [5.41, 5.74) is 0.165. The van der Waals surface area contributed by atoms with Crippen molar-refractivity contribution in [1.29, 1.82) is 0 Å². The third-order valence-corrected chi connectivity index (χ3v) is 4.26. The molecular formula is C12H17ClN2O3S. The lowest BCUT2D eigenvalue weighted by Crippen LogP contribution is -2.30. The van der Waals surface area contributed by atoms with Crippen LogP contribution in [0.5, 0.6) is 0 Å². The lowest BCUT2D eigenvalue weighted by molar-refractivity contribution is 0.0827. The summed E-state index contributed by atoms with van der Waals surface area (Å²) in [5.74, 6) is -0.341. The molecule has 0 bridgehead atoms. The van der Waals surface area contributed by atoms with E-state index in [1.165, 1.54) is 23.1 Å². The minimum Gasteiger partial charge on any atom is -0.345 e. The molecule has 0 aliphatic heterocycles. The molecule has 1 rings (SSSR count). The molecule has 0 radical (unpaired) electrons. The van der Waals surface area contributed by atoms with Gasteiger partial charge in [-0.1, -0.05) is 11.6 Å². The van der Waals surface area contributed by atoms with Crippen molar-refractivity contribution >= 4 is 27.5 Å². The summed E-state index contributed by atoms with van der Waals surface area (Å²) in [6.07, 6.45) is 0. The molecule has 0 fully saturated rings. The van der Waals surface area contributed by atoms with Gasteiger partial charge >= 0.3 is 0 Å². The van der Waals surface area contributed by atoms with Gasteiger partial charge in [-0.05, 0) is 32.0 Å². The number of benzene rings is 1. The minimum atomic E-state index is -3.64. The van der Waals surface area contributed by atoms with E-state index in [9.17, 15) is 13.2 Å². The average molecular weight is 305 g/mol. The van der Waals surface area contributed by atoms with Crippen LogP contribution in [0.4, 0.5) is 0 Å². The van der Waals surface area contributed by atoms with Crippen LogP contribution in [0.2, 0.25) is 5.02 Å². The van der Waals surface area contributed by atoms with Crippen molar-refractivity contribution in [2.75, 3.05) is 14.1 Å². The summed E-state index contributed by atoms with van der Waals surface area (Å²) < 4.78 is 26.5. The quantitative estimate of drug-likeness (QED) is 0.921. The number of carbonyl (C=O) groups excluding carboxylic acids is 1. The molecule has 0 saturated carbocycles. The molecule has 1 aromatic rings. The molecule has 7 heteroatoms. The summed E-state index contributed by atoms with van der Waals surface area (Å²) in [6, 6.07) is 3.84. The van der Waals surface area contributed by atoms with Crippen molar-refractivity contribution in [2.24, 2.45) is 0 Å². The van der Waals surface area contributed by atoms with Gasteiger partial charge in [0.25, 0.3) is 5.91 Å². The van der Waals surface area contributed by atoms with E-state index in [1.54, 1.807) is 27.9 Å². The van der Waals surface area contributed by atoms with Crippen molar-refractivity contribution in [2.45, 2.75) is 24.8 Å². The molecule has 19 heavy (non-hydrogen) atoms. The van der Waals surface area contributed by atoms with Gasteiger partial charge in [-0.15, -0.1) is 0 Å². The fraction of sp³-hybridized carbons (Fsp3) is 0.417. The van der Waals surface area contributed by atoms with Crippen molar-refractivity contribution in [3.05, 3.63) is 28.8 Å². The maximum atomic E-state index is 12.0.